The number of anilines is 3. The summed E-state index contributed by atoms with van der Waals surface area (Å²) in [7, 11) is 1.81. The Hall–Kier alpha value is -4.27. The van der Waals surface area contributed by atoms with Crippen LogP contribution in [0.2, 0.25) is 0 Å². The third-order valence-corrected chi connectivity index (χ3v) is 5.88. The molecule has 9 nitrogen and oxygen atoms in total. The van der Waals surface area contributed by atoms with E-state index >= 15 is 0 Å². The number of amides is 1. The van der Waals surface area contributed by atoms with Crippen molar-refractivity contribution in [3.8, 4) is 11.3 Å². The van der Waals surface area contributed by atoms with Crippen molar-refractivity contribution in [2.45, 2.75) is 6.92 Å². The van der Waals surface area contributed by atoms with Crippen molar-refractivity contribution < 1.29 is 4.79 Å². The number of piperazine rings is 1. The predicted octanol–water partition coefficient (Wildman–Crippen LogP) is 3.29. The highest BCUT2D eigenvalue weighted by Crippen LogP contribution is 2.22. The molecule has 0 atom stereocenters. The number of rotatable bonds is 5. The highest BCUT2D eigenvalue weighted by molar-refractivity contribution is 5.94. The molecule has 5 rings (SSSR count). The summed E-state index contributed by atoms with van der Waals surface area (Å²) in [6.07, 6.45) is 3.31. The maximum absolute atomic E-state index is 13.2. The van der Waals surface area contributed by atoms with Crippen molar-refractivity contribution in [1.29, 1.82) is 0 Å². The van der Waals surface area contributed by atoms with Crippen LogP contribution in [0.3, 0.4) is 0 Å². The van der Waals surface area contributed by atoms with Gasteiger partial charge in [-0.2, -0.15) is 5.10 Å². The van der Waals surface area contributed by atoms with Crippen LogP contribution in [-0.4, -0.2) is 61.7 Å². The Balaban J connectivity index is 1.24. The first kappa shape index (κ1) is 21.6. The van der Waals surface area contributed by atoms with Gasteiger partial charge in [0.05, 0.1) is 5.69 Å². The second-order valence-corrected chi connectivity index (χ2v) is 8.29. The molecule has 34 heavy (non-hydrogen) atoms. The van der Waals surface area contributed by atoms with Crippen LogP contribution in [0.1, 0.15) is 16.1 Å². The zero-order chi connectivity index (χ0) is 23.5. The Morgan fingerprint density at radius 1 is 0.912 bits per heavy atom. The topological polar surface area (TPSA) is 92.1 Å². The number of hydrogen-bond acceptors (Lipinski definition) is 7. The summed E-state index contributed by atoms with van der Waals surface area (Å²) < 4.78 is 1.67. The molecule has 0 spiro atoms. The van der Waals surface area contributed by atoms with Crippen LogP contribution < -0.4 is 10.2 Å². The molecule has 172 valence electrons. The molecule has 9 heteroatoms. The summed E-state index contributed by atoms with van der Waals surface area (Å²) in [5.74, 6) is 2.24. The quantitative estimate of drug-likeness (QED) is 0.495. The van der Waals surface area contributed by atoms with Crippen LogP contribution in [0.5, 0.6) is 0 Å². The molecule has 4 aromatic rings. The molecule has 0 aliphatic carbocycles. The lowest BCUT2D eigenvalue weighted by Gasteiger charge is -2.35. The van der Waals surface area contributed by atoms with Gasteiger partial charge in [-0.3, -0.25) is 9.48 Å². The van der Waals surface area contributed by atoms with Crippen molar-refractivity contribution in [1.82, 2.24) is 29.6 Å². The second kappa shape index (κ2) is 9.30. The summed E-state index contributed by atoms with van der Waals surface area (Å²) in [5.41, 5.74) is 3.51. The van der Waals surface area contributed by atoms with Gasteiger partial charge in [-0.05, 0) is 30.7 Å². The Labute approximate surface area is 198 Å². The van der Waals surface area contributed by atoms with Crippen molar-refractivity contribution in [2.75, 3.05) is 36.4 Å². The molecule has 3 aromatic heterocycles. The van der Waals surface area contributed by atoms with Gasteiger partial charge in [-0.15, -0.1) is 0 Å². The molecule has 1 aromatic carbocycles. The van der Waals surface area contributed by atoms with Crippen LogP contribution in [0.25, 0.3) is 11.3 Å². The third-order valence-electron chi connectivity index (χ3n) is 5.88. The number of nitrogens with zero attached hydrogens (tertiary/aromatic N) is 7. The molecule has 1 N–H and O–H groups in total. The van der Waals surface area contributed by atoms with Gasteiger partial charge in [-0.1, -0.05) is 30.3 Å². The van der Waals surface area contributed by atoms with Gasteiger partial charge in [0.25, 0.3) is 5.91 Å². The molecule has 0 unspecified atom stereocenters. The van der Waals surface area contributed by atoms with E-state index in [-0.39, 0.29) is 5.91 Å². The fourth-order valence-corrected chi connectivity index (χ4v) is 4.04. The molecule has 0 radical (unpaired) electrons. The summed E-state index contributed by atoms with van der Waals surface area (Å²) >= 11 is 0. The molecule has 0 bridgehead atoms. The summed E-state index contributed by atoms with van der Waals surface area (Å²) in [5, 5.41) is 7.77. The number of hydrogen-bond donors (Lipinski definition) is 1. The van der Waals surface area contributed by atoms with E-state index in [0.717, 1.165) is 28.5 Å². The third kappa shape index (κ3) is 4.59. The maximum Gasteiger partial charge on any atom is 0.272 e. The Morgan fingerprint density at radius 2 is 1.68 bits per heavy atom. The minimum Gasteiger partial charge on any atom is -0.353 e. The maximum atomic E-state index is 13.2. The summed E-state index contributed by atoms with van der Waals surface area (Å²) in [4.78, 5) is 30.3. The van der Waals surface area contributed by atoms with E-state index in [1.165, 1.54) is 0 Å². The van der Waals surface area contributed by atoms with E-state index in [2.05, 4.69) is 30.3 Å². The molecule has 0 saturated carbocycles. The second-order valence-electron chi connectivity index (χ2n) is 8.29. The molecule has 1 aliphatic heterocycles. The highest BCUT2D eigenvalue weighted by atomic mass is 16.2. The minimum atomic E-state index is -0.00704. The van der Waals surface area contributed by atoms with Gasteiger partial charge in [0.1, 0.15) is 29.5 Å². The van der Waals surface area contributed by atoms with Crippen LogP contribution in [0.15, 0.2) is 67.1 Å². The number of aromatic nitrogens is 5. The number of pyridine rings is 1. The first-order valence-corrected chi connectivity index (χ1v) is 11.2. The Morgan fingerprint density at radius 3 is 2.44 bits per heavy atom. The molecule has 1 fully saturated rings. The van der Waals surface area contributed by atoms with Crippen molar-refractivity contribution >= 4 is 23.4 Å². The van der Waals surface area contributed by atoms with Gasteiger partial charge < -0.3 is 15.1 Å². The van der Waals surface area contributed by atoms with Gasteiger partial charge in [0.2, 0.25) is 0 Å². The average molecular weight is 455 g/mol. The van der Waals surface area contributed by atoms with E-state index in [1.54, 1.807) is 17.2 Å². The normalized spacial score (nSPS) is 13.7. The number of benzene rings is 1. The fourth-order valence-electron chi connectivity index (χ4n) is 4.04. The Bertz CT molecular complexity index is 1300. The lowest BCUT2D eigenvalue weighted by Crippen LogP contribution is -2.49. The average Bonchev–Trinajstić information content (AvgIpc) is 3.26. The van der Waals surface area contributed by atoms with Gasteiger partial charge in [0.15, 0.2) is 0 Å². The number of carbonyl (C=O) groups is 1. The number of nitrogens with one attached hydrogen (secondary N) is 1. The zero-order valence-electron chi connectivity index (χ0n) is 19.2. The smallest absolute Gasteiger partial charge is 0.272 e. The van der Waals surface area contributed by atoms with Crippen LogP contribution in [0.4, 0.5) is 17.5 Å². The van der Waals surface area contributed by atoms with Crippen LogP contribution in [0, 0.1) is 6.92 Å². The van der Waals surface area contributed by atoms with Crippen LogP contribution >= 0.6 is 0 Å². The fraction of sp³-hybridized carbons (Fsp3) is 0.240. The first-order chi connectivity index (χ1) is 16.6. The largest absolute Gasteiger partial charge is 0.353 e. The first-order valence-electron chi connectivity index (χ1n) is 11.2. The van der Waals surface area contributed by atoms with Gasteiger partial charge in [-0.25, -0.2) is 15.0 Å². The van der Waals surface area contributed by atoms with Crippen molar-refractivity contribution in [2.24, 2.45) is 7.05 Å². The lowest BCUT2D eigenvalue weighted by molar-refractivity contribution is 0.0735. The number of aryl methyl sites for hydroxylation is 2. The van der Waals surface area contributed by atoms with E-state index < -0.39 is 0 Å². The lowest BCUT2D eigenvalue weighted by atomic mass is 10.1. The van der Waals surface area contributed by atoms with Gasteiger partial charge >= 0.3 is 0 Å². The zero-order valence-corrected chi connectivity index (χ0v) is 19.2. The predicted molar refractivity (Wildman–Crippen MR) is 131 cm³/mol. The van der Waals surface area contributed by atoms with E-state index in [0.29, 0.717) is 37.7 Å². The molecule has 1 amide bonds. The standard InChI is InChI=1S/C25H26N8O/c1-18-8-9-26-22(14-18)29-23-16-24(28-17-27-23)32-10-12-33(13-11-32)25(34)21-15-20(30-31(21)2)19-6-4-3-5-7-19/h3-9,14-17H,10-13H2,1-2H3,(H,26,27,28,29). The molecular formula is C25H26N8O. The van der Waals surface area contributed by atoms with E-state index in [4.69, 9.17) is 0 Å². The molecule has 4 heterocycles. The van der Waals surface area contributed by atoms with E-state index in [9.17, 15) is 4.79 Å². The molecule has 1 saturated heterocycles. The summed E-state index contributed by atoms with van der Waals surface area (Å²) in [6.45, 7) is 4.61. The highest BCUT2D eigenvalue weighted by Gasteiger charge is 2.25. The van der Waals surface area contributed by atoms with Crippen molar-refractivity contribution in [3.05, 3.63) is 78.4 Å². The van der Waals surface area contributed by atoms with Gasteiger partial charge in [0, 0.05) is 51.1 Å². The Kier molecular flexibility index (Phi) is 5.90. The monoisotopic (exact) mass is 454 g/mol. The SMILES string of the molecule is Cc1ccnc(Nc2cc(N3CCN(C(=O)c4cc(-c5ccccc5)nn4C)CC3)ncn2)c1. The summed E-state index contributed by atoms with van der Waals surface area (Å²) in [6, 6.07) is 17.6. The minimum absolute atomic E-state index is 0.00704. The number of carbonyl (C=O) groups excluding carboxylic acids is 1. The van der Waals surface area contributed by atoms with Crippen molar-refractivity contribution in [3.63, 3.8) is 0 Å². The van der Waals surface area contributed by atoms with Crippen LogP contribution in [-0.2, 0) is 7.05 Å². The molecular weight excluding hydrogens is 428 g/mol. The molecule has 1 aliphatic rings. The van der Waals surface area contributed by atoms with E-state index in [1.807, 2.05) is 73.5 Å².